The Hall–Kier alpha value is -1.59. The lowest BCUT2D eigenvalue weighted by molar-refractivity contribution is -0.125. The molecule has 20 heavy (non-hydrogen) atoms. The van der Waals surface area contributed by atoms with E-state index >= 15 is 0 Å². The lowest BCUT2D eigenvalue weighted by Crippen LogP contribution is -2.30. The second kappa shape index (κ2) is 13.8. The molecule has 6 heteroatoms. The Morgan fingerprint density at radius 3 is 1.85 bits per heavy atom. The molecule has 0 saturated heterocycles. The van der Waals surface area contributed by atoms with Crippen LogP contribution in [0.1, 0.15) is 41.0 Å². The number of carbonyl (C=O) groups is 3. The average Bonchev–Trinajstić information content (AvgIpc) is 2.40. The zero-order chi connectivity index (χ0) is 16.0. The largest absolute Gasteiger partial charge is 0.359 e. The fourth-order valence-corrected chi connectivity index (χ4v) is 1.22. The molecule has 0 aromatic heterocycles. The van der Waals surface area contributed by atoms with Crippen LogP contribution in [0.4, 0.5) is 0 Å². The molecule has 1 atom stereocenters. The van der Waals surface area contributed by atoms with Gasteiger partial charge < -0.3 is 16.0 Å². The summed E-state index contributed by atoms with van der Waals surface area (Å²) in [7, 11) is 0. The Labute approximate surface area is 122 Å². The number of rotatable bonds is 8. The van der Waals surface area contributed by atoms with E-state index in [-0.39, 0.29) is 23.7 Å². The van der Waals surface area contributed by atoms with Crippen LogP contribution in [0, 0.1) is 11.8 Å². The quantitative estimate of drug-likeness (QED) is 0.453. The first kappa shape index (κ1) is 20.7. The van der Waals surface area contributed by atoms with Crippen LogP contribution < -0.4 is 16.0 Å². The first-order valence-electron chi connectivity index (χ1n) is 7.13. The lowest BCUT2D eigenvalue weighted by atomic mass is 10.1. The van der Waals surface area contributed by atoms with E-state index in [0.717, 1.165) is 6.54 Å². The molecule has 0 aliphatic rings. The Bertz CT molecular complexity index is 281. The van der Waals surface area contributed by atoms with Crippen LogP contribution >= 0.6 is 0 Å². The van der Waals surface area contributed by atoms with Gasteiger partial charge in [-0.05, 0) is 20.3 Å². The van der Waals surface area contributed by atoms with Gasteiger partial charge in [0.05, 0.1) is 0 Å². The van der Waals surface area contributed by atoms with E-state index in [1.165, 1.54) is 0 Å². The maximum absolute atomic E-state index is 11.1. The highest BCUT2D eigenvalue weighted by Gasteiger charge is 2.10. The number of carbonyl (C=O) groups excluding carboxylic acids is 3. The molecule has 0 aromatic rings. The minimum absolute atomic E-state index is 0.0302. The summed E-state index contributed by atoms with van der Waals surface area (Å²) in [5, 5.41) is 7.94. The third-order valence-electron chi connectivity index (χ3n) is 2.48. The molecule has 0 radical (unpaired) electrons. The highest BCUT2D eigenvalue weighted by Crippen LogP contribution is 1.99. The van der Waals surface area contributed by atoms with Crippen LogP contribution in [0.5, 0.6) is 0 Å². The molecule has 0 spiro atoms. The fourth-order valence-electron chi connectivity index (χ4n) is 1.22. The predicted octanol–water partition coefficient (Wildman–Crippen LogP) is 0.673. The predicted molar refractivity (Wildman–Crippen MR) is 80.1 cm³/mol. The number of amides is 3. The zero-order valence-corrected chi connectivity index (χ0v) is 13.3. The molecule has 0 aliphatic carbocycles. The standard InChI is InChI=1S/C8H16N2O2.C6H13NO/c1-3-10-8(12)7(2)4-5-9-6-11;1-4-7-6(8)5(2)3/h6-7H,3-5H2,1-2H3,(H,9,11)(H,10,12);5H,4H2,1-3H3,(H,7,8). The van der Waals surface area contributed by atoms with Crippen LogP contribution in [0.15, 0.2) is 0 Å². The fraction of sp³-hybridized carbons (Fsp3) is 0.786. The third-order valence-corrected chi connectivity index (χ3v) is 2.48. The van der Waals surface area contributed by atoms with Crippen molar-refractivity contribution in [2.24, 2.45) is 11.8 Å². The van der Waals surface area contributed by atoms with Crippen LogP contribution in [0.3, 0.4) is 0 Å². The Balaban J connectivity index is 0. The molecule has 0 saturated carbocycles. The smallest absolute Gasteiger partial charge is 0.222 e. The van der Waals surface area contributed by atoms with E-state index < -0.39 is 0 Å². The molecule has 118 valence electrons. The van der Waals surface area contributed by atoms with Gasteiger partial charge in [0.25, 0.3) is 0 Å². The van der Waals surface area contributed by atoms with Gasteiger partial charge in [0, 0.05) is 31.5 Å². The zero-order valence-electron chi connectivity index (χ0n) is 13.3. The molecular weight excluding hydrogens is 258 g/mol. The van der Waals surface area contributed by atoms with Crippen molar-refractivity contribution in [1.29, 1.82) is 0 Å². The third kappa shape index (κ3) is 12.9. The van der Waals surface area contributed by atoms with Gasteiger partial charge in [-0.3, -0.25) is 14.4 Å². The highest BCUT2D eigenvalue weighted by atomic mass is 16.2. The van der Waals surface area contributed by atoms with Crippen molar-refractivity contribution in [3.8, 4) is 0 Å². The minimum Gasteiger partial charge on any atom is -0.359 e. The molecule has 0 bridgehead atoms. The van der Waals surface area contributed by atoms with Crippen molar-refractivity contribution in [3.05, 3.63) is 0 Å². The summed E-state index contributed by atoms with van der Waals surface area (Å²) in [5.74, 6) is 0.269. The van der Waals surface area contributed by atoms with E-state index in [1.54, 1.807) is 0 Å². The van der Waals surface area contributed by atoms with Crippen LogP contribution in [0.25, 0.3) is 0 Å². The maximum atomic E-state index is 11.1. The SMILES string of the molecule is CCNC(=O)C(C)C.CCNC(=O)C(C)CCNC=O. The summed E-state index contributed by atoms with van der Waals surface area (Å²) >= 11 is 0. The Kier molecular flexibility index (Phi) is 14.3. The summed E-state index contributed by atoms with van der Waals surface area (Å²) in [6, 6.07) is 0. The summed E-state index contributed by atoms with van der Waals surface area (Å²) in [5.41, 5.74) is 0. The minimum atomic E-state index is -0.0302. The topological polar surface area (TPSA) is 87.3 Å². The first-order chi connectivity index (χ1) is 9.40. The van der Waals surface area contributed by atoms with Crippen molar-refractivity contribution in [2.75, 3.05) is 19.6 Å². The summed E-state index contributed by atoms with van der Waals surface area (Å²) < 4.78 is 0. The van der Waals surface area contributed by atoms with Gasteiger partial charge >= 0.3 is 0 Å². The van der Waals surface area contributed by atoms with E-state index in [2.05, 4.69) is 16.0 Å². The van der Waals surface area contributed by atoms with E-state index in [0.29, 0.717) is 25.9 Å². The van der Waals surface area contributed by atoms with Gasteiger partial charge in [-0.2, -0.15) is 0 Å². The molecular formula is C14H29N3O3. The van der Waals surface area contributed by atoms with Gasteiger partial charge in [-0.1, -0.05) is 20.8 Å². The van der Waals surface area contributed by atoms with Crippen molar-refractivity contribution < 1.29 is 14.4 Å². The highest BCUT2D eigenvalue weighted by molar-refractivity contribution is 5.78. The van der Waals surface area contributed by atoms with E-state index in [1.807, 2.05) is 34.6 Å². The van der Waals surface area contributed by atoms with Crippen molar-refractivity contribution >= 4 is 18.2 Å². The molecule has 3 amide bonds. The molecule has 3 N–H and O–H groups in total. The first-order valence-corrected chi connectivity index (χ1v) is 7.13. The molecule has 0 aliphatic heterocycles. The second-order valence-electron chi connectivity index (χ2n) is 4.71. The van der Waals surface area contributed by atoms with Crippen LogP contribution in [0.2, 0.25) is 0 Å². The maximum Gasteiger partial charge on any atom is 0.222 e. The summed E-state index contributed by atoms with van der Waals surface area (Å²) in [6.45, 7) is 11.4. The number of hydrogen-bond donors (Lipinski definition) is 3. The second-order valence-corrected chi connectivity index (χ2v) is 4.71. The molecule has 0 fully saturated rings. The van der Waals surface area contributed by atoms with Gasteiger partial charge in [0.2, 0.25) is 18.2 Å². The van der Waals surface area contributed by atoms with E-state index in [9.17, 15) is 14.4 Å². The Morgan fingerprint density at radius 1 is 1.00 bits per heavy atom. The van der Waals surface area contributed by atoms with E-state index in [4.69, 9.17) is 0 Å². The molecule has 0 rings (SSSR count). The van der Waals surface area contributed by atoms with Crippen LogP contribution in [-0.4, -0.2) is 37.9 Å². The summed E-state index contributed by atoms with van der Waals surface area (Å²) in [6.07, 6.45) is 1.33. The van der Waals surface area contributed by atoms with Crippen molar-refractivity contribution in [3.63, 3.8) is 0 Å². The van der Waals surface area contributed by atoms with Gasteiger partial charge in [-0.25, -0.2) is 0 Å². The van der Waals surface area contributed by atoms with Gasteiger partial charge in [0.1, 0.15) is 0 Å². The normalized spacial score (nSPS) is 10.9. The van der Waals surface area contributed by atoms with Crippen LogP contribution in [-0.2, 0) is 14.4 Å². The molecule has 6 nitrogen and oxygen atoms in total. The van der Waals surface area contributed by atoms with Crippen molar-refractivity contribution in [2.45, 2.75) is 41.0 Å². The van der Waals surface area contributed by atoms with Gasteiger partial charge in [0.15, 0.2) is 0 Å². The van der Waals surface area contributed by atoms with Crippen molar-refractivity contribution in [1.82, 2.24) is 16.0 Å². The number of nitrogens with one attached hydrogen (secondary N) is 3. The lowest BCUT2D eigenvalue weighted by Gasteiger charge is -2.09. The monoisotopic (exact) mass is 287 g/mol. The molecule has 1 unspecified atom stereocenters. The summed E-state index contributed by atoms with van der Waals surface area (Å²) in [4.78, 5) is 31.6. The molecule has 0 heterocycles. The average molecular weight is 287 g/mol. The Morgan fingerprint density at radius 2 is 1.50 bits per heavy atom. The molecule has 0 aromatic carbocycles. The number of hydrogen-bond acceptors (Lipinski definition) is 3. The van der Waals surface area contributed by atoms with Gasteiger partial charge in [-0.15, -0.1) is 0 Å².